The van der Waals surface area contributed by atoms with Gasteiger partial charge in [0, 0.05) is 32.4 Å². The summed E-state index contributed by atoms with van der Waals surface area (Å²) in [6.07, 6.45) is 3.59. The molecule has 0 aliphatic carbocycles. The zero-order valence-electron chi connectivity index (χ0n) is 13.7. The Morgan fingerprint density at radius 1 is 1.17 bits per heavy atom. The van der Waals surface area contributed by atoms with Crippen LogP contribution in [0.25, 0.3) is 0 Å². The van der Waals surface area contributed by atoms with Crippen molar-refractivity contribution in [2.24, 2.45) is 0 Å². The van der Waals surface area contributed by atoms with Crippen molar-refractivity contribution in [1.29, 1.82) is 0 Å². The van der Waals surface area contributed by atoms with Crippen LogP contribution in [0, 0.1) is 5.82 Å². The summed E-state index contributed by atoms with van der Waals surface area (Å²) >= 11 is 0. The Bertz CT molecular complexity index is 636. The van der Waals surface area contributed by atoms with Crippen LogP contribution in [0.3, 0.4) is 0 Å². The molecule has 2 aliphatic rings. The minimum absolute atomic E-state index is 0.00605. The van der Waals surface area contributed by atoms with Crippen molar-refractivity contribution in [3.63, 3.8) is 0 Å². The smallest absolute Gasteiger partial charge is 0.179 e. The predicted molar refractivity (Wildman–Crippen MR) is 88.2 cm³/mol. The van der Waals surface area contributed by atoms with Gasteiger partial charge < -0.3 is 14.8 Å². The lowest BCUT2D eigenvalue weighted by Gasteiger charge is -2.43. The number of ether oxygens (including phenoxy) is 2. The molecule has 1 N–H and O–H groups in total. The molecule has 1 aromatic rings. The highest BCUT2D eigenvalue weighted by atomic mass is 32.2. The first kappa shape index (κ1) is 17.8. The van der Waals surface area contributed by atoms with Crippen LogP contribution in [0.4, 0.5) is 4.39 Å². The third kappa shape index (κ3) is 4.33. The molecule has 2 saturated heterocycles. The number of hydrogen-bond acceptors (Lipinski definition) is 5. The lowest BCUT2D eigenvalue weighted by atomic mass is 9.84. The number of benzene rings is 1. The SMILES string of the molecule is O=S(=O)(CCNC1CCOC2(CCOCC2)C1)c1ccc(F)cc1. The van der Waals surface area contributed by atoms with Crippen molar-refractivity contribution in [3.05, 3.63) is 30.1 Å². The summed E-state index contributed by atoms with van der Waals surface area (Å²) in [4.78, 5) is 0.165. The quantitative estimate of drug-likeness (QED) is 0.816. The molecule has 1 atom stereocenters. The molecule has 0 radical (unpaired) electrons. The highest BCUT2D eigenvalue weighted by Gasteiger charge is 2.38. The van der Waals surface area contributed by atoms with E-state index in [-0.39, 0.29) is 22.3 Å². The summed E-state index contributed by atoms with van der Waals surface area (Å²) in [6.45, 7) is 2.54. The van der Waals surface area contributed by atoms with E-state index in [9.17, 15) is 12.8 Å². The van der Waals surface area contributed by atoms with E-state index in [0.29, 0.717) is 13.2 Å². The molecular weight excluding hydrogens is 333 g/mol. The average Bonchev–Trinajstić information content (AvgIpc) is 2.56. The number of sulfone groups is 1. The Labute approximate surface area is 142 Å². The lowest BCUT2D eigenvalue weighted by Crippen LogP contribution is -2.50. The van der Waals surface area contributed by atoms with E-state index < -0.39 is 15.7 Å². The molecule has 2 fully saturated rings. The van der Waals surface area contributed by atoms with Crippen molar-refractivity contribution in [2.75, 3.05) is 32.1 Å². The van der Waals surface area contributed by atoms with Crippen LogP contribution in [-0.4, -0.2) is 52.2 Å². The van der Waals surface area contributed by atoms with Crippen LogP contribution >= 0.6 is 0 Å². The van der Waals surface area contributed by atoms with Gasteiger partial charge in [0.05, 0.1) is 16.2 Å². The van der Waals surface area contributed by atoms with Crippen molar-refractivity contribution in [1.82, 2.24) is 5.32 Å². The van der Waals surface area contributed by atoms with E-state index in [1.54, 1.807) is 0 Å². The van der Waals surface area contributed by atoms with E-state index in [1.807, 2.05) is 0 Å². The van der Waals surface area contributed by atoms with Crippen molar-refractivity contribution >= 4 is 9.84 Å². The summed E-state index contributed by atoms with van der Waals surface area (Å²) in [7, 11) is -3.39. The molecule has 0 aromatic heterocycles. The molecular formula is C17H24FNO4S. The summed E-state index contributed by atoms with van der Waals surface area (Å²) in [5, 5.41) is 3.36. The van der Waals surface area contributed by atoms with E-state index in [2.05, 4.69) is 5.32 Å². The fraction of sp³-hybridized carbons (Fsp3) is 0.647. The van der Waals surface area contributed by atoms with Gasteiger partial charge in [-0.05, 0) is 49.9 Å². The largest absolute Gasteiger partial charge is 0.381 e. The number of hydrogen-bond donors (Lipinski definition) is 1. The van der Waals surface area contributed by atoms with Gasteiger partial charge in [0.2, 0.25) is 0 Å². The molecule has 0 saturated carbocycles. The Morgan fingerprint density at radius 3 is 2.58 bits per heavy atom. The molecule has 3 rings (SSSR count). The van der Waals surface area contributed by atoms with Crippen LogP contribution < -0.4 is 5.32 Å². The van der Waals surface area contributed by atoms with Crippen LogP contribution in [0.2, 0.25) is 0 Å². The van der Waals surface area contributed by atoms with E-state index in [4.69, 9.17) is 9.47 Å². The molecule has 1 unspecified atom stereocenters. The van der Waals surface area contributed by atoms with Gasteiger partial charge in [0.1, 0.15) is 5.82 Å². The predicted octanol–water partition coefficient (Wildman–Crippen LogP) is 1.92. The topological polar surface area (TPSA) is 64.6 Å². The normalized spacial score (nSPS) is 24.1. The Balaban J connectivity index is 1.51. The molecule has 7 heteroatoms. The van der Waals surface area contributed by atoms with Crippen molar-refractivity contribution < 1.29 is 22.3 Å². The molecule has 134 valence electrons. The molecule has 5 nitrogen and oxygen atoms in total. The molecule has 1 aromatic carbocycles. The van der Waals surface area contributed by atoms with Gasteiger partial charge in [-0.2, -0.15) is 0 Å². The van der Waals surface area contributed by atoms with Crippen molar-refractivity contribution in [3.8, 4) is 0 Å². The maximum atomic E-state index is 12.9. The second kappa shape index (κ2) is 7.47. The van der Waals surface area contributed by atoms with Crippen LogP contribution in [0.1, 0.15) is 25.7 Å². The Morgan fingerprint density at radius 2 is 1.88 bits per heavy atom. The van der Waals surface area contributed by atoms with Gasteiger partial charge in [-0.25, -0.2) is 12.8 Å². The summed E-state index contributed by atoms with van der Waals surface area (Å²) < 4.78 is 48.9. The van der Waals surface area contributed by atoms with E-state index >= 15 is 0 Å². The molecule has 24 heavy (non-hydrogen) atoms. The number of rotatable bonds is 5. The third-order valence-corrected chi connectivity index (χ3v) is 6.61. The lowest BCUT2D eigenvalue weighted by molar-refractivity contribution is -0.140. The van der Waals surface area contributed by atoms with Gasteiger partial charge in [0.15, 0.2) is 9.84 Å². The first-order valence-corrected chi connectivity index (χ1v) is 10.1. The molecule has 0 amide bonds. The second-order valence-corrected chi connectivity index (χ2v) is 8.67. The summed E-state index contributed by atoms with van der Waals surface area (Å²) in [5.41, 5.74) is -0.107. The summed E-state index contributed by atoms with van der Waals surface area (Å²) in [5.74, 6) is -0.428. The van der Waals surface area contributed by atoms with Gasteiger partial charge in [-0.1, -0.05) is 0 Å². The Kier molecular flexibility index (Phi) is 5.54. The minimum atomic E-state index is -3.39. The monoisotopic (exact) mass is 357 g/mol. The number of nitrogens with one attached hydrogen (secondary N) is 1. The first-order valence-electron chi connectivity index (χ1n) is 8.43. The molecule has 2 heterocycles. The third-order valence-electron chi connectivity index (χ3n) is 4.87. The zero-order chi connectivity index (χ0) is 17.0. The van der Waals surface area contributed by atoms with Gasteiger partial charge in [-0.3, -0.25) is 0 Å². The highest BCUT2D eigenvalue weighted by Crippen LogP contribution is 2.34. The van der Waals surface area contributed by atoms with Gasteiger partial charge >= 0.3 is 0 Å². The minimum Gasteiger partial charge on any atom is -0.381 e. The first-order chi connectivity index (χ1) is 11.5. The van der Waals surface area contributed by atoms with Gasteiger partial charge in [-0.15, -0.1) is 0 Å². The molecule has 0 bridgehead atoms. The van der Waals surface area contributed by atoms with Crippen LogP contribution in [0.5, 0.6) is 0 Å². The zero-order valence-corrected chi connectivity index (χ0v) is 14.5. The van der Waals surface area contributed by atoms with Crippen molar-refractivity contribution in [2.45, 2.75) is 42.2 Å². The van der Waals surface area contributed by atoms with Crippen LogP contribution in [0.15, 0.2) is 29.2 Å². The van der Waals surface area contributed by atoms with E-state index in [0.717, 1.165) is 38.9 Å². The number of halogens is 1. The highest BCUT2D eigenvalue weighted by molar-refractivity contribution is 7.91. The van der Waals surface area contributed by atoms with Crippen LogP contribution in [-0.2, 0) is 19.3 Å². The molecule has 2 aliphatic heterocycles. The maximum Gasteiger partial charge on any atom is 0.179 e. The second-order valence-electron chi connectivity index (χ2n) is 6.56. The molecule has 1 spiro atoms. The maximum absolute atomic E-state index is 12.9. The van der Waals surface area contributed by atoms with Gasteiger partial charge in [0.25, 0.3) is 0 Å². The Hall–Kier alpha value is -1.02. The average molecular weight is 357 g/mol. The fourth-order valence-corrected chi connectivity index (χ4v) is 4.62. The fourth-order valence-electron chi connectivity index (χ4n) is 3.45. The van der Waals surface area contributed by atoms with E-state index in [1.165, 1.54) is 24.3 Å². The summed E-state index contributed by atoms with van der Waals surface area (Å²) in [6, 6.07) is 5.24. The standard InChI is InChI=1S/C17H24FNO4S/c18-14-1-3-16(4-2-14)24(20,21)12-8-19-15-5-9-23-17(13-15)6-10-22-11-7-17/h1-4,15,19H,5-13H2.